The number of amides is 1. The number of carbonyl (C=O) groups excluding carboxylic acids is 1. The molecule has 2 rings (SSSR count). The summed E-state index contributed by atoms with van der Waals surface area (Å²) in [6, 6.07) is 4.47. The zero-order valence-electron chi connectivity index (χ0n) is 14.2. The summed E-state index contributed by atoms with van der Waals surface area (Å²) in [5.74, 6) is 6.05. The molecule has 0 saturated heterocycles. The van der Waals surface area contributed by atoms with E-state index in [1.807, 2.05) is 0 Å². The number of hydrogen-bond acceptors (Lipinski definition) is 5. The van der Waals surface area contributed by atoms with Gasteiger partial charge in [-0.2, -0.15) is 13.2 Å². The average Bonchev–Trinajstić information content (AvgIpc) is 2.93. The van der Waals surface area contributed by atoms with Crippen LogP contribution >= 0.6 is 11.8 Å². The number of benzene rings is 1. The highest BCUT2D eigenvalue weighted by molar-refractivity contribution is 7.99. The third kappa shape index (κ3) is 5.65. The topological polar surface area (TPSA) is 85.8 Å². The van der Waals surface area contributed by atoms with Crippen LogP contribution in [0.5, 0.6) is 0 Å². The van der Waals surface area contributed by atoms with Gasteiger partial charge in [-0.25, -0.2) is 4.68 Å². The Morgan fingerprint density at radius 1 is 1.31 bits per heavy atom. The molecular weight excluding hydrogens is 367 g/mol. The fraction of sp³-hybridized carbons (Fsp3) is 0.438. The van der Waals surface area contributed by atoms with E-state index in [1.165, 1.54) is 16.8 Å². The lowest BCUT2D eigenvalue weighted by Crippen LogP contribution is -2.17. The highest BCUT2D eigenvalue weighted by Gasteiger charge is 2.30. The predicted octanol–water partition coefficient (Wildman–Crippen LogP) is 3.47. The molecular formula is C16H20F3N5OS. The number of nitrogens with one attached hydrogen (secondary N) is 1. The molecule has 0 aliphatic rings. The van der Waals surface area contributed by atoms with Crippen LogP contribution in [-0.2, 0) is 17.4 Å². The van der Waals surface area contributed by atoms with Crippen molar-refractivity contribution in [1.82, 2.24) is 14.9 Å². The lowest BCUT2D eigenvalue weighted by atomic mass is 10.2. The maximum atomic E-state index is 12.7. The van der Waals surface area contributed by atoms with Gasteiger partial charge in [0.1, 0.15) is 0 Å². The molecule has 0 spiro atoms. The molecule has 3 N–H and O–H groups in total. The fourth-order valence-corrected chi connectivity index (χ4v) is 2.89. The summed E-state index contributed by atoms with van der Waals surface area (Å²) in [5, 5.41) is 10.8. The van der Waals surface area contributed by atoms with E-state index in [9.17, 15) is 18.0 Å². The second kappa shape index (κ2) is 8.93. The lowest BCUT2D eigenvalue weighted by Gasteiger charge is -2.09. The van der Waals surface area contributed by atoms with Gasteiger partial charge in [0.2, 0.25) is 11.1 Å². The van der Waals surface area contributed by atoms with Crippen LogP contribution in [0.1, 0.15) is 37.6 Å². The van der Waals surface area contributed by atoms with E-state index in [0.29, 0.717) is 17.4 Å². The SMILES string of the molecule is CCCCCc1nnc(SCC(=O)Nc2cccc(C(F)(F)F)c2)n1N. The molecule has 0 radical (unpaired) electrons. The summed E-state index contributed by atoms with van der Waals surface area (Å²) >= 11 is 1.07. The van der Waals surface area contributed by atoms with Gasteiger partial charge in [-0.05, 0) is 24.6 Å². The number of halogens is 3. The Labute approximate surface area is 153 Å². The standard InChI is InChI=1S/C16H20F3N5OS/c1-2-3-4-8-13-22-23-15(24(13)20)26-10-14(25)21-12-7-5-6-11(9-12)16(17,18)19/h5-7,9H,2-4,8,10,20H2,1H3,(H,21,25). The van der Waals surface area contributed by atoms with Gasteiger partial charge in [0.05, 0.1) is 11.3 Å². The van der Waals surface area contributed by atoms with E-state index in [2.05, 4.69) is 22.4 Å². The molecule has 1 aromatic carbocycles. The quantitative estimate of drug-likeness (QED) is 0.411. The van der Waals surface area contributed by atoms with Crippen LogP contribution in [0.4, 0.5) is 18.9 Å². The molecule has 0 atom stereocenters. The Bertz CT molecular complexity index is 748. The van der Waals surface area contributed by atoms with Crippen LogP contribution in [-0.4, -0.2) is 26.5 Å². The van der Waals surface area contributed by atoms with Crippen molar-refractivity contribution >= 4 is 23.4 Å². The van der Waals surface area contributed by atoms with Crippen LogP contribution in [0.3, 0.4) is 0 Å². The number of thioether (sulfide) groups is 1. The zero-order chi connectivity index (χ0) is 19.2. The second-order valence-corrected chi connectivity index (χ2v) is 6.58. The Morgan fingerprint density at radius 2 is 2.08 bits per heavy atom. The summed E-state index contributed by atoms with van der Waals surface area (Å²) in [6.07, 6.45) is -0.661. The molecule has 1 heterocycles. The minimum absolute atomic E-state index is 0.0411. The number of anilines is 1. The second-order valence-electron chi connectivity index (χ2n) is 5.64. The van der Waals surface area contributed by atoms with Gasteiger partial charge in [-0.3, -0.25) is 4.79 Å². The van der Waals surface area contributed by atoms with Gasteiger partial charge < -0.3 is 11.2 Å². The molecule has 142 valence electrons. The zero-order valence-corrected chi connectivity index (χ0v) is 15.0. The molecule has 0 aliphatic heterocycles. The molecule has 1 aromatic heterocycles. The minimum atomic E-state index is -4.46. The van der Waals surface area contributed by atoms with Crippen molar-refractivity contribution in [3.05, 3.63) is 35.7 Å². The molecule has 0 saturated carbocycles. The summed E-state index contributed by atoms with van der Waals surface area (Å²) < 4.78 is 39.4. The fourth-order valence-electron chi connectivity index (χ4n) is 2.21. The van der Waals surface area contributed by atoms with E-state index in [-0.39, 0.29) is 11.4 Å². The third-order valence-corrected chi connectivity index (χ3v) is 4.49. The predicted molar refractivity (Wildman–Crippen MR) is 94.2 cm³/mol. The maximum Gasteiger partial charge on any atom is 0.416 e. The Kier molecular flexibility index (Phi) is 6.90. The Hall–Kier alpha value is -2.23. The number of carbonyl (C=O) groups is 1. The van der Waals surface area contributed by atoms with E-state index in [0.717, 1.165) is 43.2 Å². The first-order chi connectivity index (χ1) is 12.3. The molecule has 0 unspecified atom stereocenters. The van der Waals surface area contributed by atoms with E-state index in [4.69, 9.17) is 5.84 Å². The van der Waals surface area contributed by atoms with Crippen molar-refractivity contribution in [2.24, 2.45) is 0 Å². The lowest BCUT2D eigenvalue weighted by molar-refractivity contribution is -0.137. The number of nitrogens with two attached hydrogens (primary N) is 1. The van der Waals surface area contributed by atoms with E-state index < -0.39 is 17.6 Å². The van der Waals surface area contributed by atoms with Crippen LogP contribution in [0.25, 0.3) is 0 Å². The number of nitrogens with zero attached hydrogens (tertiary/aromatic N) is 3. The van der Waals surface area contributed by atoms with E-state index >= 15 is 0 Å². The maximum absolute atomic E-state index is 12.7. The number of aromatic nitrogens is 3. The van der Waals surface area contributed by atoms with Crippen molar-refractivity contribution in [3.63, 3.8) is 0 Å². The Morgan fingerprint density at radius 3 is 2.77 bits per heavy atom. The first-order valence-electron chi connectivity index (χ1n) is 8.10. The van der Waals surface area contributed by atoms with Gasteiger partial charge in [0.25, 0.3) is 0 Å². The molecule has 0 bridgehead atoms. The van der Waals surface area contributed by atoms with Crippen molar-refractivity contribution < 1.29 is 18.0 Å². The van der Waals surface area contributed by atoms with Crippen LogP contribution < -0.4 is 11.2 Å². The van der Waals surface area contributed by atoms with E-state index in [1.54, 1.807) is 0 Å². The highest BCUT2D eigenvalue weighted by atomic mass is 32.2. The van der Waals surface area contributed by atoms with Crippen LogP contribution in [0, 0.1) is 0 Å². The van der Waals surface area contributed by atoms with Gasteiger partial charge in [0.15, 0.2) is 5.82 Å². The molecule has 10 heteroatoms. The summed E-state index contributed by atoms with van der Waals surface area (Å²) in [5.41, 5.74) is -0.735. The molecule has 6 nitrogen and oxygen atoms in total. The van der Waals surface area contributed by atoms with Crippen molar-refractivity contribution in [3.8, 4) is 0 Å². The largest absolute Gasteiger partial charge is 0.416 e. The number of unbranched alkanes of at least 4 members (excludes halogenated alkanes) is 2. The molecule has 0 aliphatic carbocycles. The average molecular weight is 387 g/mol. The molecule has 26 heavy (non-hydrogen) atoms. The summed E-state index contributed by atoms with van der Waals surface area (Å²) in [4.78, 5) is 12.0. The van der Waals surface area contributed by atoms with Gasteiger partial charge in [-0.1, -0.05) is 37.6 Å². The number of rotatable bonds is 8. The van der Waals surface area contributed by atoms with Gasteiger partial charge in [-0.15, -0.1) is 10.2 Å². The highest BCUT2D eigenvalue weighted by Crippen LogP contribution is 2.30. The summed E-state index contributed by atoms with van der Waals surface area (Å²) in [6.45, 7) is 2.09. The first-order valence-corrected chi connectivity index (χ1v) is 9.09. The summed E-state index contributed by atoms with van der Waals surface area (Å²) in [7, 11) is 0. The number of aryl methyl sites for hydroxylation is 1. The smallest absolute Gasteiger partial charge is 0.336 e. The van der Waals surface area contributed by atoms with Crippen LogP contribution in [0.15, 0.2) is 29.4 Å². The normalized spacial score (nSPS) is 11.5. The van der Waals surface area contributed by atoms with Crippen molar-refractivity contribution in [2.45, 2.75) is 43.9 Å². The van der Waals surface area contributed by atoms with Crippen molar-refractivity contribution in [1.29, 1.82) is 0 Å². The van der Waals surface area contributed by atoms with Crippen LogP contribution in [0.2, 0.25) is 0 Å². The van der Waals surface area contributed by atoms with Crippen molar-refractivity contribution in [2.75, 3.05) is 16.9 Å². The molecule has 1 amide bonds. The number of hydrogen-bond donors (Lipinski definition) is 2. The number of nitrogen functional groups attached to an aromatic ring is 1. The number of alkyl halides is 3. The molecule has 2 aromatic rings. The monoisotopic (exact) mass is 387 g/mol. The minimum Gasteiger partial charge on any atom is -0.336 e. The van der Waals surface area contributed by atoms with Gasteiger partial charge in [0, 0.05) is 12.1 Å². The first kappa shape index (κ1) is 20.1. The Balaban J connectivity index is 1.89. The third-order valence-electron chi connectivity index (χ3n) is 3.55. The van der Waals surface area contributed by atoms with Gasteiger partial charge >= 0.3 is 6.18 Å². The molecule has 0 fully saturated rings.